The maximum absolute atomic E-state index is 12.4. The molecule has 0 spiro atoms. The monoisotopic (exact) mass is 401 g/mol. The molecule has 0 radical (unpaired) electrons. The predicted molar refractivity (Wildman–Crippen MR) is 108 cm³/mol. The van der Waals surface area contributed by atoms with E-state index in [0.717, 1.165) is 24.0 Å². The first kappa shape index (κ1) is 19.5. The SMILES string of the molecule is CCC[C@H](NC(=O)CSc1nnc(-c2cccc(Cl)c2)o1)c1ccccc1. The summed E-state index contributed by atoms with van der Waals surface area (Å²) in [5.41, 5.74) is 1.86. The average Bonchev–Trinajstić information content (AvgIpc) is 3.16. The Hall–Kier alpha value is -2.31. The zero-order chi connectivity index (χ0) is 19.1. The summed E-state index contributed by atoms with van der Waals surface area (Å²) in [4.78, 5) is 12.4. The molecule has 1 heterocycles. The van der Waals surface area contributed by atoms with Gasteiger partial charge >= 0.3 is 0 Å². The average molecular weight is 402 g/mol. The van der Waals surface area contributed by atoms with Gasteiger partial charge in [-0.3, -0.25) is 4.79 Å². The predicted octanol–water partition coefficient (Wildman–Crippen LogP) is 5.14. The van der Waals surface area contributed by atoms with E-state index >= 15 is 0 Å². The van der Waals surface area contributed by atoms with Crippen LogP contribution in [-0.4, -0.2) is 21.9 Å². The van der Waals surface area contributed by atoms with E-state index in [1.165, 1.54) is 11.8 Å². The summed E-state index contributed by atoms with van der Waals surface area (Å²) in [7, 11) is 0. The van der Waals surface area contributed by atoms with Crippen molar-refractivity contribution in [1.82, 2.24) is 15.5 Å². The number of nitrogens with zero attached hydrogens (tertiary/aromatic N) is 2. The van der Waals surface area contributed by atoms with Crippen LogP contribution in [0.5, 0.6) is 0 Å². The number of halogens is 1. The van der Waals surface area contributed by atoms with Crippen molar-refractivity contribution in [2.75, 3.05) is 5.75 Å². The second-order valence-electron chi connectivity index (χ2n) is 5.99. The molecule has 0 aliphatic rings. The Morgan fingerprint density at radius 1 is 1.19 bits per heavy atom. The minimum Gasteiger partial charge on any atom is -0.411 e. The molecular weight excluding hydrogens is 382 g/mol. The third-order valence-electron chi connectivity index (χ3n) is 3.92. The van der Waals surface area contributed by atoms with Crippen LogP contribution in [0.15, 0.2) is 64.2 Å². The summed E-state index contributed by atoms with van der Waals surface area (Å²) in [5, 5.41) is 12.0. The molecule has 0 bridgehead atoms. The number of amides is 1. The Morgan fingerprint density at radius 2 is 2.00 bits per heavy atom. The summed E-state index contributed by atoms with van der Waals surface area (Å²) in [5.74, 6) is 0.530. The number of aromatic nitrogens is 2. The Kier molecular flexibility index (Phi) is 6.90. The number of thioether (sulfide) groups is 1. The number of rotatable bonds is 8. The van der Waals surface area contributed by atoms with Crippen LogP contribution in [-0.2, 0) is 4.79 Å². The van der Waals surface area contributed by atoms with E-state index in [2.05, 4.69) is 22.4 Å². The number of nitrogens with one attached hydrogen (secondary N) is 1. The molecule has 0 aliphatic heterocycles. The molecule has 1 amide bonds. The molecule has 2 aromatic carbocycles. The third-order valence-corrected chi connectivity index (χ3v) is 4.97. The van der Waals surface area contributed by atoms with Gasteiger partial charge in [0.05, 0.1) is 11.8 Å². The van der Waals surface area contributed by atoms with Crippen LogP contribution >= 0.6 is 23.4 Å². The van der Waals surface area contributed by atoms with E-state index in [-0.39, 0.29) is 17.7 Å². The van der Waals surface area contributed by atoms with Crippen LogP contribution in [0.1, 0.15) is 31.4 Å². The lowest BCUT2D eigenvalue weighted by Gasteiger charge is -2.18. The van der Waals surface area contributed by atoms with E-state index in [9.17, 15) is 4.79 Å². The number of carbonyl (C=O) groups excluding carboxylic acids is 1. The minimum absolute atomic E-state index is 0.00834. The number of carbonyl (C=O) groups is 1. The van der Waals surface area contributed by atoms with Gasteiger partial charge in [-0.05, 0) is 30.2 Å². The largest absolute Gasteiger partial charge is 0.411 e. The number of hydrogen-bond donors (Lipinski definition) is 1. The molecular formula is C20H20ClN3O2S. The molecule has 140 valence electrons. The standard InChI is InChI=1S/C20H20ClN3O2S/c1-2-7-17(14-8-4-3-5-9-14)22-18(25)13-27-20-24-23-19(26-20)15-10-6-11-16(21)12-15/h3-6,8-12,17H,2,7,13H2,1H3,(H,22,25)/t17-/m0/s1. The molecule has 0 saturated heterocycles. The lowest BCUT2D eigenvalue weighted by Crippen LogP contribution is -2.29. The zero-order valence-corrected chi connectivity index (χ0v) is 16.5. The van der Waals surface area contributed by atoms with E-state index in [4.69, 9.17) is 16.0 Å². The van der Waals surface area contributed by atoms with Gasteiger partial charge in [-0.2, -0.15) is 0 Å². The quantitative estimate of drug-likeness (QED) is 0.529. The van der Waals surface area contributed by atoms with E-state index in [1.807, 2.05) is 42.5 Å². The number of hydrogen-bond acceptors (Lipinski definition) is 5. The summed E-state index contributed by atoms with van der Waals surface area (Å²) in [6, 6.07) is 17.2. The molecule has 3 aromatic rings. The molecule has 27 heavy (non-hydrogen) atoms. The second-order valence-corrected chi connectivity index (χ2v) is 7.35. The van der Waals surface area contributed by atoms with Crippen LogP contribution in [0.25, 0.3) is 11.5 Å². The first-order valence-electron chi connectivity index (χ1n) is 8.72. The van der Waals surface area contributed by atoms with Crippen LogP contribution in [0.3, 0.4) is 0 Å². The van der Waals surface area contributed by atoms with Crippen molar-refractivity contribution >= 4 is 29.3 Å². The van der Waals surface area contributed by atoms with Crippen LogP contribution < -0.4 is 5.32 Å². The molecule has 0 saturated carbocycles. The Bertz CT molecular complexity index is 886. The van der Waals surface area contributed by atoms with Crippen molar-refractivity contribution in [3.05, 3.63) is 65.2 Å². The summed E-state index contributed by atoms with van der Waals surface area (Å²) in [6.45, 7) is 2.10. The van der Waals surface area contributed by atoms with Gasteiger partial charge in [-0.1, -0.05) is 73.1 Å². The first-order chi connectivity index (χ1) is 13.2. The van der Waals surface area contributed by atoms with Crippen LogP contribution in [0, 0.1) is 0 Å². The van der Waals surface area contributed by atoms with Gasteiger partial charge in [0, 0.05) is 10.6 Å². The topological polar surface area (TPSA) is 68.0 Å². The highest BCUT2D eigenvalue weighted by molar-refractivity contribution is 7.99. The fourth-order valence-corrected chi connectivity index (χ4v) is 3.43. The van der Waals surface area contributed by atoms with Gasteiger partial charge in [-0.25, -0.2) is 0 Å². The zero-order valence-electron chi connectivity index (χ0n) is 14.9. The maximum atomic E-state index is 12.4. The molecule has 1 aromatic heterocycles. The van der Waals surface area contributed by atoms with E-state index < -0.39 is 0 Å². The lowest BCUT2D eigenvalue weighted by atomic mass is 10.0. The fourth-order valence-electron chi connectivity index (χ4n) is 2.67. The van der Waals surface area contributed by atoms with Crippen LogP contribution in [0.2, 0.25) is 5.02 Å². The molecule has 7 heteroatoms. The van der Waals surface area contributed by atoms with Gasteiger partial charge < -0.3 is 9.73 Å². The smallest absolute Gasteiger partial charge is 0.277 e. The maximum Gasteiger partial charge on any atom is 0.277 e. The molecule has 5 nitrogen and oxygen atoms in total. The normalized spacial score (nSPS) is 11.9. The van der Waals surface area contributed by atoms with Crippen molar-refractivity contribution < 1.29 is 9.21 Å². The highest BCUT2D eigenvalue weighted by atomic mass is 35.5. The van der Waals surface area contributed by atoms with E-state index in [1.54, 1.807) is 12.1 Å². The Balaban J connectivity index is 1.57. The second kappa shape index (κ2) is 9.58. The Morgan fingerprint density at radius 3 is 2.74 bits per heavy atom. The van der Waals surface area contributed by atoms with Crippen molar-refractivity contribution in [1.29, 1.82) is 0 Å². The van der Waals surface area contributed by atoms with Crippen molar-refractivity contribution in [3.63, 3.8) is 0 Å². The van der Waals surface area contributed by atoms with Gasteiger partial charge in [0.15, 0.2) is 0 Å². The van der Waals surface area contributed by atoms with E-state index in [0.29, 0.717) is 16.1 Å². The molecule has 0 fully saturated rings. The highest BCUT2D eigenvalue weighted by Gasteiger charge is 2.16. The summed E-state index contributed by atoms with van der Waals surface area (Å²) >= 11 is 7.20. The summed E-state index contributed by atoms with van der Waals surface area (Å²) in [6.07, 6.45) is 1.87. The van der Waals surface area contributed by atoms with Gasteiger partial charge in [0.2, 0.25) is 11.8 Å². The molecule has 3 rings (SSSR count). The first-order valence-corrected chi connectivity index (χ1v) is 10.1. The van der Waals surface area contributed by atoms with Gasteiger partial charge in [0.1, 0.15) is 0 Å². The summed E-state index contributed by atoms with van der Waals surface area (Å²) < 4.78 is 5.61. The lowest BCUT2D eigenvalue weighted by molar-refractivity contribution is -0.119. The van der Waals surface area contributed by atoms with Gasteiger partial charge in [-0.15, -0.1) is 10.2 Å². The highest BCUT2D eigenvalue weighted by Crippen LogP contribution is 2.25. The van der Waals surface area contributed by atoms with Crippen molar-refractivity contribution in [2.45, 2.75) is 31.0 Å². The van der Waals surface area contributed by atoms with Crippen molar-refractivity contribution in [3.8, 4) is 11.5 Å². The Labute approximate surface area is 167 Å². The third kappa shape index (κ3) is 5.58. The van der Waals surface area contributed by atoms with Crippen LogP contribution in [0.4, 0.5) is 0 Å². The molecule has 0 unspecified atom stereocenters. The minimum atomic E-state index is -0.0650. The number of benzene rings is 2. The molecule has 1 atom stereocenters. The molecule has 0 aliphatic carbocycles. The molecule has 1 N–H and O–H groups in total. The van der Waals surface area contributed by atoms with Crippen molar-refractivity contribution in [2.24, 2.45) is 0 Å². The fraction of sp³-hybridized carbons (Fsp3) is 0.250. The van der Waals surface area contributed by atoms with Gasteiger partial charge in [0.25, 0.3) is 5.22 Å².